The first-order chi connectivity index (χ1) is 14.9. The molecule has 2 heterocycles. The molecule has 0 spiro atoms. The molecule has 1 amide bonds. The maximum absolute atomic E-state index is 12.9. The van der Waals surface area contributed by atoms with Gasteiger partial charge in [-0.2, -0.15) is 0 Å². The SMILES string of the molecule is CN(C)c1cc(CNc2ccc([N+](=O)[O-])c(C(=O)N3CCCC3)c2)c2ccccc2n1. The van der Waals surface area contributed by atoms with E-state index in [4.69, 9.17) is 0 Å². The Morgan fingerprint density at radius 3 is 2.61 bits per heavy atom. The number of para-hydroxylation sites is 1. The lowest BCUT2D eigenvalue weighted by atomic mass is 10.1. The first-order valence-corrected chi connectivity index (χ1v) is 10.3. The van der Waals surface area contributed by atoms with E-state index >= 15 is 0 Å². The zero-order chi connectivity index (χ0) is 22.0. The van der Waals surface area contributed by atoms with Gasteiger partial charge >= 0.3 is 0 Å². The van der Waals surface area contributed by atoms with Crippen LogP contribution in [0.15, 0.2) is 48.5 Å². The fourth-order valence-electron chi connectivity index (χ4n) is 3.87. The molecule has 2 aromatic carbocycles. The largest absolute Gasteiger partial charge is 0.381 e. The lowest BCUT2D eigenvalue weighted by Crippen LogP contribution is -2.28. The van der Waals surface area contributed by atoms with Crippen molar-refractivity contribution in [3.8, 4) is 0 Å². The van der Waals surface area contributed by atoms with Crippen LogP contribution in [-0.4, -0.2) is 47.9 Å². The second-order valence-corrected chi connectivity index (χ2v) is 7.89. The molecule has 1 aliphatic rings. The average molecular weight is 419 g/mol. The van der Waals surface area contributed by atoms with Crippen molar-refractivity contribution in [2.45, 2.75) is 19.4 Å². The van der Waals surface area contributed by atoms with Crippen LogP contribution in [-0.2, 0) is 6.54 Å². The van der Waals surface area contributed by atoms with E-state index in [1.807, 2.05) is 49.3 Å². The van der Waals surface area contributed by atoms with Crippen molar-refractivity contribution in [1.82, 2.24) is 9.88 Å². The smallest absolute Gasteiger partial charge is 0.282 e. The highest BCUT2D eigenvalue weighted by Gasteiger charge is 2.27. The number of likely N-dealkylation sites (tertiary alicyclic amines) is 1. The summed E-state index contributed by atoms with van der Waals surface area (Å²) in [5.41, 5.74) is 2.59. The monoisotopic (exact) mass is 419 g/mol. The Hall–Kier alpha value is -3.68. The topological polar surface area (TPSA) is 91.6 Å². The molecule has 0 saturated carbocycles. The Bertz CT molecular complexity index is 1140. The highest BCUT2D eigenvalue weighted by Crippen LogP contribution is 2.27. The summed E-state index contributed by atoms with van der Waals surface area (Å²) in [4.78, 5) is 32.2. The van der Waals surface area contributed by atoms with Gasteiger partial charge in [0.2, 0.25) is 0 Å². The molecule has 0 bridgehead atoms. The number of anilines is 2. The molecule has 31 heavy (non-hydrogen) atoms. The van der Waals surface area contributed by atoms with E-state index in [1.165, 1.54) is 6.07 Å². The molecular weight excluding hydrogens is 394 g/mol. The number of nitrogens with zero attached hydrogens (tertiary/aromatic N) is 4. The summed E-state index contributed by atoms with van der Waals surface area (Å²) in [6.45, 7) is 1.78. The van der Waals surface area contributed by atoms with E-state index in [-0.39, 0.29) is 17.2 Å². The van der Waals surface area contributed by atoms with Crippen LogP contribution in [0.3, 0.4) is 0 Å². The lowest BCUT2D eigenvalue weighted by molar-refractivity contribution is -0.385. The Kier molecular flexibility index (Phi) is 5.70. The van der Waals surface area contributed by atoms with Crippen molar-refractivity contribution < 1.29 is 9.72 Å². The van der Waals surface area contributed by atoms with Gasteiger partial charge in [0, 0.05) is 50.9 Å². The van der Waals surface area contributed by atoms with Gasteiger partial charge in [-0.1, -0.05) is 18.2 Å². The van der Waals surface area contributed by atoms with Crippen molar-refractivity contribution in [3.05, 3.63) is 69.8 Å². The minimum atomic E-state index is -0.493. The number of nitro groups is 1. The minimum absolute atomic E-state index is 0.130. The molecule has 0 unspecified atom stereocenters. The van der Waals surface area contributed by atoms with E-state index in [0.29, 0.717) is 25.3 Å². The number of nitro benzene ring substituents is 1. The zero-order valence-corrected chi connectivity index (χ0v) is 17.7. The molecular formula is C23H25N5O3. The van der Waals surface area contributed by atoms with Crippen LogP contribution in [0.1, 0.15) is 28.8 Å². The summed E-state index contributed by atoms with van der Waals surface area (Å²) in [5.74, 6) is 0.571. The molecule has 1 aromatic heterocycles. The van der Waals surface area contributed by atoms with Crippen molar-refractivity contribution >= 4 is 34.0 Å². The highest BCUT2D eigenvalue weighted by atomic mass is 16.6. The first-order valence-electron chi connectivity index (χ1n) is 10.3. The Labute approximate surface area is 180 Å². The third kappa shape index (κ3) is 4.28. The van der Waals surface area contributed by atoms with Crippen LogP contribution < -0.4 is 10.2 Å². The molecule has 4 rings (SSSR count). The second-order valence-electron chi connectivity index (χ2n) is 7.89. The van der Waals surface area contributed by atoms with Crippen LogP contribution in [0.25, 0.3) is 10.9 Å². The number of carbonyl (C=O) groups is 1. The number of amides is 1. The van der Waals surface area contributed by atoms with Gasteiger partial charge in [-0.25, -0.2) is 4.98 Å². The average Bonchev–Trinajstić information content (AvgIpc) is 3.31. The number of fused-ring (bicyclic) bond motifs is 1. The Morgan fingerprint density at radius 2 is 1.90 bits per heavy atom. The van der Waals surface area contributed by atoms with Crippen LogP contribution in [0.5, 0.6) is 0 Å². The number of benzene rings is 2. The summed E-state index contributed by atoms with van der Waals surface area (Å²) in [5, 5.41) is 15.9. The highest BCUT2D eigenvalue weighted by molar-refractivity contribution is 5.99. The number of carbonyl (C=O) groups excluding carboxylic acids is 1. The molecule has 1 saturated heterocycles. The van der Waals surface area contributed by atoms with Crippen LogP contribution in [0.4, 0.5) is 17.2 Å². The van der Waals surface area contributed by atoms with E-state index in [2.05, 4.69) is 10.3 Å². The number of hydrogen-bond acceptors (Lipinski definition) is 6. The van der Waals surface area contributed by atoms with Crippen molar-refractivity contribution in [1.29, 1.82) is 0 Å². The summed E-state index contributed by atoms with van der Waals surface area (Å²) in [7, 11) is 3.89. The number of hydrogen-bond donors (Lipinski definition) is 1. The molecule has 8 heteroatoms. The number of pyridine rings is 1. The third-order valence-electron chi connectivity index (χ3n) is 5.55. The summed E-state index contributed by atoms with van der Waals surface area (Å²) < 4.78 is 0. The van der Waals surface area contributed by atoms with E-state index in [0.717, 1.165) is 35.1 Å². The molecule has 1 fully saturated rings. The van der Waals surface area contributed by atoms with Gasteiger partial charge in [-0.05, 0) is 42.7 Å². The van der Waals surface area contributed by atoms with E-state index in [9.17, 15) is 14.9 Å². The molecule has 8 nitrogen and oxygen atoms in total. The second kappa shape index (κ2) is 8.59. The lowest BCUT2D eigenvalue weighted by Gasteiger charge is -2.17. The minimum Gasteiger partial charge on any atom is -0.381 e. The van der Waals surface area contributed by atoms with Crippen molar-refractivity contribution in [2.24, 2.45) is 0 Å². The quantitative estimate of drug-likeness (QED) is 0.479. The van der Waals surface area contributed by atoms with Gasteiger partial charge in [-0.15, -0.1) is 0 Å². The zero-order valence-electron chi connectivity index (χ0n) is 17.7. The maximum atomic E-state index is 12.9. The standard InChI is InChI=1S/C23H25N5O3/c1-26(2)22-13-16(18-7-3-4-8-20(18)25-22)15-24-17-9-10-21(28(30)31)19(14-17)23(29)27-11-5-6-12-27/h3-4,7-10,13-14,24H,5-6,11-12,15H2,1-2H3. The maximum Gasteiger partial charge on any atom is 0.282 e. The molecule has 0 atom stereocenters. The van der Waals surface area contributed by atoms with Gasteiger partial charge in [0.25, 0.3) is 11.6 Å². The molecule has 1 N–H and O–H groups in total. The number of aromatic nitrogens is 1. The van der Waals surface area contributed by atoms with E-state index in [1.54, 1.807) is 17.0 Å². The van der Waals surface area contributed by atoms with Crippen molar-refractivity contribution in [3.63, 3.8) is 0 Å². The van der Waals surface area contributed by atoms with Crippen LogP contribution in [0, 0.1) is 10.1 Å². The first kappa shape index (κ1) is 20.6. The number of rotatable bonds is 6. The van der Waals surface area contributed by atoms with Gasteiger partial charge in [0.15, 0.2) is 0 Å². The van der Waals surface area contributed by atoms with Crippen LogP contribution >= 0.6 is 0 Å². The summed E-state index contributed by atoms with van der Waals surface area (Å²) >= 11 is 0. The number of nitrogens with one attached hydrogen (secondary N) is 1. The third-order valence-corrected chi connectivity index (χ3v) is 5.55. The van der Waals surface area contributed by atoms with Gasteiger partial charge < -0.3 is 15.1 Å². The summed E-state index contributed by atoms with van der Waals surface area (Å²) in [6.07, 6.45) is 1.86. The molecule has 0 aliphatic carbocycles. The van der Waals surface area contributed by atoms with E-state index < -0.39 is 4.92 Å². The predicted molar refractivity (Wildman–Crippen MR) is 122 cm³/mol. The predicted octanol–water partition coefficient (Wildman–Crippen LogP) is 4.06. The molecule has 1 aliphatic heterocycles. The fraction of sp³-hybridized carbons (Fsp3) is 0.304. The molecule has 160 valence electrons. The normalized spacial score (nSPS) is 13.4. The van der Waals surface area contributed by atoms with Gasteiger partial charge in [-0.3, -0.25) is 14.9 Å². The Balaban J connectivity index is 1.64. The van der Waals surface area contributed by atoms with Gasteiger partial charge in [0.1, 0.15) is 11.4 Å². The van der Waals surface area contributed by atoms with Gasteiger partial charge in [0.05, 0.1) is 10.4 Å². The molecule has 0 radical (unpaired) electrons. The van der Waals surface area contributed by atoms with Crippen LogP contribution in [0.2, 0.25) is 0 Å². The summed E-state index contributed by atoms with van der Waals surface area (Å²) in [6, 6.07) is 14.6. The molecule has 3 aromatic rings. The van der Waals surface area contributed by atoms with Crippen molar-refractivity contribution in [2.75, 3.05) is 37.4 Å². The fourth-order valence-corrected chi connectivity index (χ4v) is 3.87. The Morgan fingerprint density at radius 1 is 1.16 bits per heavy atom.